The van der Waals surface area contributed by atoms with Gasteiger partial charge in [0.15, 0.2) is 5.96 Å². The predicted molar refractivity (Wildman–Crippen MR) is 118 cm³/mol. The standard InChI is InChI=1S/C23H32N4O3/c1-17-7-8-20(18(2)14-17)21-16-27(10-11-29-21)23(24-3)26-15-19-6-5-9-25-22(19)30-13-12-28-4/h5-9,14,21H,10-13,15-16H2,1-4H3,(H,24,26). The maximum Gasteiger partial charge on any atom is 0.218 e. The van der Waals surface area contributed by atoms with E-state index in [1.165, 1.54) is 16.7 Å². The Hall–Kier alpha value is -2.64. The van der Waals surface area contributed by atoms with E-state index in [9.17, 15) is 0 Å². The number of morpholine rings is 1. The van der Waals surface area contributed by atoms with Crippen LogP contribution in [0.25, 0.3) is 0 Å². The Morgan fingerprint density at radius 1 is 1.30 bits per heavy atom. The number of nitrogens with zero attached hydrogens (tertiary/aromatic N) is 3. The van der Waals surface area contributed by atoms with E-state index in [4.69, 9.17) is 14.2 Å². The lowest BCUT2D eigenvalue weighted by Crippen LogP contribution is -2.48. The third kappa shape index (κ3) is 5.70. The van der Waals surface area contributed by atoms with E-state index in [0.29, 0.717) is 32.2 Å². The van der Waals surface area contributed by atoms with Crippen LogP contribution in [0, 0.1) is 13.8 Å². The molecule has 1 aromatic carbocycles. The summed E-state index contributed by atoms with van der Waals surface area (Å²) < 4.78 is 16.9. The van der Waals surface area contributed by atoms with E-state index >= 15 is 0 Å². The SMILES string of the molecule is CN=C(NCc1cccnc1OCCOC)N1CCOC(c2ccc(C)cc2C)C1. The van der Waals surface area contributed by atoms with Gasteiger partial charge in [-0.1, -0.05) is 29.8 Å². The maximum atomic E-state index is 6.08. The van der Waals surface area contributed by atoms with Gasteiger partial charge in [-0.05, 0) is 31.0 Å². The molecule has 2 heterocycles. The molecule has 7 heteroatoms. The van der Waals surface area contributed by atoms with Crippen LogP contribution in [0.5, 0.6) is 5.88 Å². The molecule has 0 aliphatic carbocycles. The highest BCUT2D eigenvalue weighted by atomic mass is 16.5. The van der Waals surface area contributed by atoms with Crippen LogP contribution in [0.2, 0.25) is 0 Å². The van der Waals surface area contributed by atoms with Crippen molar-refractivity contribution >= 4 is 5.96 Å². The van der Waals surface area contributed by atoms with Crippen LogP contribution in [0.1, 0.15) is 28.4 Å². The molecule has 0 radical (unpaired) electrons. The van der Waals surface area contributed by atoms with Crippen molar-refractivity contribution in [2.24, 2.45) is 4.99 Å². The Labute approximate surface area is 179 Å². The molecule has 0 amide bonds. The second-order valence-electron chi connectivity index (χ2n) is 7.38. The van der Waals surface area contributed by atoms with Crippen molar-refractivity contribution in [2.75, 3.05) is 47.1 Å². The van der Waals surface area contributed by atoms with Gasteiger partial charge in [0.1, 0.15) is 12.7 Å². The fraction of sp³-hybridized carbons (Fsp3) is 0.478. The van der Waals surface area contributed by atoms with Gasteiger partial charge in [-0.2, -0.15) is 0 Å². The summed E-state index contributed by atoms with van der Waals surface area (Å²) in [4.78, 5) is 11.1. The summed E-state index contributed by atoms with van der Waals surface area (Å²) in [5.41, 5.74) is 4.75. The summed E-state index contributed by atoms with van der Waals surface area (Å²) in [6.07, 6.45) is 1.76. The van der Waals surface area contributed by atoms with Crippen molar-refractivity contribution in [3.05, 3.63) is 58.8 Å². The van der Waals surface area contributed by atoms with Gasteiger partial charge in [0, 0.05) is 39.0 Å². The maximum absolute atomic E-state index is 6.08. The first-order valence-corrected chi connectivity index (χ1v) is 10.3. The van der Waals surface area contributed by atoms with E-state index in [1.807, 2.05) is 19.2 Å². The van der Waals surface area contributed by atoms with Gasteiger partial charge in [-0.15, -0.1) is 0 Å². The Kier molecular flexibility index (Phi) is 8.04. The number of guanidine groups is 1. The average molecular weight is 413 g/mol. The van der Waals surface area contributed by atoms with Crippen LogP contribution in [-0.2, 0) is 16.0 Å². The van der Waals surface area contributed by atoms with Crippen molar-refractivity contribution in [3.63, 3.8) is 0 Å². The smallest absolute Gasteiger partial charge is 0.218 e. The zero-order valence-corrected chi connectivity index (χ0v) is 18.4. The number of nitrogens with one attached hydrogen (secondary N) is 1. The topological polar surface area (TPSA) is 68.2 Å². The largest absolute Gasteiger partial charge is 0.475 e. The van der Waals surface area contributed by atoms with E-state index in [1.54, 1.807) is 13.3 Å². The normalized spacial score (nSPS) is 17.1. The molecule has 2 aromatic rings. The van der Waals surface area contributed by atoms with Gasteiger partial charge in [-0.3, -0.25) is 4.99 Å². The summed E-state index contributed by atoms with van der Waals surface area (Å²) in [6, 6.07) is 10.4. The molecule has 1 fully saturated rings. The fourth-order valence-corrected chi connectivity index (χ4v) is 3.63. The Balaban J connectivity index is 1.64. The minimum absolute atomic E-state index is 0.0317. The molecule has 0 saturated carbocycles. The fourth-order valence-electron chi connectivity index (χ4n) is 3.63. The number of rotatable bonds is 7. The number of benzene rings is 1. The lowest BCUT2D eigenvalue weighted by molar-refractivity contribution is -0.00835. The summed E-state index contributed by atoms with van der Waals surface area (Å²) in [7, 11) is 3.46. The monoisotopic (exact) mass is 412 g/mol. The van der Waals surface area contributed by atoms with Gasteiger partial charge in [0.25, 0.3) is 0 Å². The van der Waals surface area contributed by atoms with Gasteiger partial charge in [0.05, 0.1) is 19.8 Å². The Morgan fingerprint density at radius 2 is 2.17 bits per heavy atom. The minimum Gasteiger partial charge on any atom is -0.475 e. The quantitative estimate of drug-likeness (QED) is 0.429. The second kappa shape index (κ2) is 10.9. The number of aryl methyl sites for hydroxylation is 2. The molecule has 0 bridgehead atoms. The van der Waals surface area contributed by atoms with E-state index in [0.717, 1.165) is 24.6 Å². The number of aliphatic imine (C=N–C) groups is 1. The van der Waals surface area contributed by atoms with E-state index < -0.39 is 0 Å². The Morgan fingerprint density at radius 3 is 2.93 bits per heavy atom. The lowest BCUT2D eigenvalue weighted by atomic mass is 10.00. The first-order chi connectivity index (χ1) is 14.6. The van der Waals surface area contributed by atoms with Gasteiger partial charge >= 0.3 is 0 Å². The second-order valence-corrected chi connectivity index (χ2v) is 7.38. The van der Waals surface area contributed by atoms with Crippen molar-refractivity contribution in [1.29, 1.82) is 0 Å². The van der Waals surface area contributed by atoms with Gasteiger partial charge in [0.2, 0.25) is 5.88 Å². The molecular weight excluding hydrogens is 380 g/mol. The van der Waals surface area contributed by atoms with E-state index in [2.05, 4.69) is 52.2 Å². The highest BCUT2D eigenvalue weighted by Gasteiger charge is 2.25. The number of hydrogen-bond acceptors (Lipinski definition) is 5. The first-order valence-electron chi connectivity index (χ1n) is 10.3. The molecule has 0 spiro atoms. The molecule has 1 N–H and O–H groups in total. The van der Waals surface area contributed by atoms with Crippen LogP contribution in [0.4, 0.5) is 0 Å². The number of methoxy groups -OCH3 is 1. The number of pyridine rings is 1. The molecule has 162 valence electrons. The zero-order chi connectivity index (χ0) is 21.3. The summed E-state index contributed by atoms with van der Waals surface area (Å²) in [5.74, 6) is 1.47. The lowest BCUT2D eigenvalue weighted by Gasteiger charge is -2.36. The van der Waals surface area contributed by atoms with Crippen molar-refractivity contribution < 1.29 is 14.2 Å². The molecule has 1 aliphatic heterocycles. The van der Waals surface area contributed by atoms with Gasteiger partial charge in [-0.25, -0.2) is 4.98 Å². The summed E-state index contributed by atoms with van der Waals surface area (Å²) in [6.45, 7) is 8.05. The predicted octanol–water partition coefficient (Wildman–Crippen LogP) is 2.87. The molecule has 3 rings (SSSR count). The van der Waals surface area contributed by atoms with Gasteiger partial charge < -0.3 is 24.4 Å². The van der Waals surface area contributed by atoms with Crippen LogP contribution >= 0.6 is 0 Å². The molecule has 30 heavy (non-hydrogen) atoms. The highest BCUT2D eigenvalue weighted by Crippen LogP contribution is 2.26. The van der Waals surface area contributed by atoms with Crippen molar-refractivity contribution in [1.82, 2.24) is 15.2 Å². The third-order valence-corrected chi connectivity index (χ3v) is 5.16. The molecule has 1 saturated heterocycles. The molecule has 1 aromatic heterocycles. The first kappa shape index (κ1) is 22.1. The minimum atomic E-state index is 0.0317. The van der Waals surface area contributed by atoms with Crippen LogP contribution in [-0.4, -0.2) is 62.9 Å². The number of ether oxygens (including phenoxy) is 3. The summed E-state index contributed by atoms with van der Waals surface area (Å²) >= 11 is 0. The molecule has 7 nitrogen and oxygen atoms in total. The van der Waals surface area contributed by atoms with Crippen molar-refractivity contribution in [2.45, 2.75) is 26.5 Å². The van der Waals surface area contributed by atoms with E-state index in [-0.39, 0.29) is 6.10 Å². The van der Waals surface area contributed by atoms with Crippen LogP contribution in [0.3, 0.4) is 0 Å². The molecule has 1 unspecified atom stereocenters. The third-order valence-electron chi connectivity index (χ3n) is 5.16. The Bertz CT molecular complexity index is 856. The number of hydrogen-bond donors (Lipinski definition) is 1. The average Bonchev–Trinajstić information content (AvgIpc) is 2.75. The van der Waals surface area contributed by atoms with Crippen LogP contribution in [0.15, 0.2) is 41.5 Å². The number of aromatic nitrogens is 1. The molecule has 1 aliphatic rings. The van der Waals surface area contributed by atoms with Crippen LogP contribution < -0.4 is 10.1 Å². The van der Waals surface area contributed by atoms with Crippen molar-refractivity contribution in [3.8, 4) is 5.88 Å². The molecule has 1 atom stereocenters. The highest BCUT2D eigenvalue weighted by molar-refractivity contribution is 5.80. The molecular formula is C23H32N4O3. The zero-order valence-electron chi connectivity index (χ0n) is 18.4. The summed E-state index contributed by atoms with van der Waals surface area (Å²) in [5, 5.41) is 3.45.